The van der Waals surface area contributed by atoms with Gasteiger partial charge < -0.3 is 14.5 Å². The lowest BCUT2D eigenvalue weighted by molar-refractivity contribution is 0.0689. The van der Waals surface area contributed by atoms with Gasteiger partial charge in [-0.05, 0) is 45.3 Å². The van der Waals surface area contributed by atoms with Crippen molar-refractivity contribution in [2.75, 3.05) is 47.4 Å². The Morgan fingerprint density at radius 3 is 2.24 bits per heavy atom. The first-order valence-corrected chi connectivity index (χ1v) is 8.41. The second-order valence-corrected chi connectivity index (χ2v) is 6.93. The molecular formula is C15H22Br2N2O2. The number of halogens is 2. The highest BCUT2D eigenvalue weighted by molar-refractivity contribution is 9.11. The van der Waals surface area contributed by atoms with Gasteiger partial charge in [-0.2, -0.15) is 0 Å². The van der Waals surface area contributed by atoms with E-state index in [-0.39, 0.29) is 5.91 Å². The van der Waals surface area contributed by atoms with E-state index in [2.05, 4.69) is 36.8 Å². The first kappa shape index (κ1) is 18.6. The average Bonchev–Trinajstić information content (AvgIpc) is 2.40. The monoisotopic (exact) mass is 420 g/mol. The van der Waals surface area contributed by atoms with Crippen LogP contribution >= 0.6 is 31.9 Å². The molecule has 118 valence electrons. The first-order chi connectivity index (χ1) is 9.93. The molecule has 0 N–H and O–H groups in total. The normalized spacial score (nSPS) is 11.0. The molecule has 0 aliphatic rings. The quantitative estimate of drug-likeness (QED) is 0.645. The summed E-state index contributed by atoms with van der Waals surface area (Å²) in [4.78, 5) is 16.6. The number of amides is 1. The van der Waals surface area contributed by atoms with Crippen LogP contribution in [0.25, 0.3) is 0 Å². The van der Waals surface area contributed by atoms with Crippen molar-refractivity contribution in [1.82, 2.24) is 9.80 Å². The predicted molar refractivity (Wildman–Crippen MR) is 92.8 cm³/mol. The first-order valence-electron chi connectivity index (χ1n) is 6.83. The Morgan fingerprint density at radius 2 is 1.71 bits per heavy atom. The van der Waals surface area contributed by atoms with E-state index in [9.17, 15) is 4.79 Å². The summed E-state index contributed by atoms with van der Waals surface area (Å²) in [6.45, 7) is 2.83. The van der Waals surface area contributed by atoms with Crippen molar-refractivity contribution in [1.29, 1.82) is 0 Å². The summed E-state index contributed by atoms with van der Waals surface area (Å²) < 4.78 is 6.89. The SMILES string of the molecule is COCCN(CCCN(C)C)C(=O)c1cc(Br)cc(Br)c1. The Balaban J connectivity index is 2.77. The van der Waals surface area contributed by atoms with Gasteiger partial charge in [-0.1, -0.05) is 31.9 Å². The number of carbonyl (C=O) groups excluding carboxylic acids is 1. The van der Waals surface area contributed by atoms with Gasteiger partial charge in [-0.25, -0.2) is 0 Å². The molecule has 0 aromatic heterocycles. The smallest absolute Gasteiger partial charge is 0.254 e. The van der Waals surface area contributed by atoms with E-state index in [1.807, 2.05) is 37.2 Å². The molecule has 21 heavy (non-hydrogen) atoms. The van der Waals surface area contributed by atoms with Crippen LogP contribution in [0.15, 0.2) is 27.1 Å². The van der Waals surface area contributed by atoms with Crippen LogP contribution in [0.5, 0.6) is 0 Å². The van der Waals surface area contributed by atoms with E-state index in [0.717, 1.165) is 28.5 Å². The van der Waals surface area contributed by atoms with Gasteiger partial charge in [0.2, 0.25) is 0 Å². The Morgan fingerprint density at radius 1 is 1.10 bits per heavy atom. The standard InChI is InChI=1S/C15H22Br2N2O2/c1-18(2)5-4-6-19(7-8-21-3)15(20)12-9-13(16)11-14(17)10-12/h9-11H,4-8H2,1-3H3. The third kappa shape index (κ3) is 6.91. The minimum absolute atomic E-state index is 0.0350. The van der Waals surface area contributed by atoms with E-state index < -0.39 is 0 Å². The van der Waals surface area contributed by atoms with E-state index >= 15 is 0 Å². The lowest BCUT2D eigenvalue weighted by Crippen LogP contribution is -2.36. The van der Waals surface area contributed by atoms with Crippen molar-refractivity contribution in [3.8, 4) is 0 Å². The molecule has 0 saturated carbocycles. The predicted octanol–water partition coefficient (Wildman–Crippen LogP) is 3.25. The summed E-state index contributed by atoms with van der Waals surface area (Å²) >= 11 is 6.85. The number of nitrogens with zero attached hydrogens (tertiary/aromatic N) is 2. The molecule has 0 saturated heterocycles. The van der Waals surface area contributed by atoms with E-state index in [0.29, 0.717) is 18.7 Å². The van der Waals surface area contributed by atoms with Crippen molar-refractivity contribution in [3.05, 3.63) is 32.7 Å². The number of hydrogen-bond acceptors (Lipinski definition) is 3. The van der Waals surface area contributed by atoms with Crippen LogP contribution in [0.2, 0.25) is 0 Å². The lowest BCUT2D eigenvalue weighted by Gasteiger charge is -2.23. The molecule has 0 radical (unpaired) electrons. The molecule has 1 aromatic carbocycles. The average molecular weight is 422 g/mol. The van der Waals surface area contributed by atoms with Gasteiger partial charge in [0.05, 0.1) is 6.61 Å². The molecule has 6 heteroatoms. The second kappa shape index (κ2) is 9.56. The molecule has 1 rings (SSSR count). The zero-order chi connectivity index (χ0) is 15.8. The van der Waals surface area contributed by atoms with Gasteiger partial charge in [0, 0.05) is 34.7 Å². The molecule has 0 bridgehead atoms. The van der Waals surface area contributed by atoms with Crippen LogP contribution in [0.4, 0.5) is 0 Å². The van der Waals surface area contributed by atoms with Crippen molar-refractivity contribution >= 4 is 37.8 Å². The third-order valence-electron chi connectivity index (χ3n) is 3.00. The molecule has 0 spiro atoms. The van der Waals surface area contributed by atoms with Crippen LogP contribution < -0.4 is 0 Å². The third-order valence-corrected chi connectivity index (χ3v) is 3.91. The molecule has 4 nitrogen and oxygen atoms in total. The van der Waals surface area contributed by atoms with Crippen LogP contribution in [0.3, 0.4) is 0 Å². The Kier molecular flexibility index (Phi) is 8.48. The zero-order valence-electron chi connectivity index (χ0n) is 12.7. The molecule has 1 aromatic rings. The molecule has 0 aliphatic carbocycles. The Labute approximate surface area is 143 Å². The van der Waals surface area contributed by atoms with Crippen molar-refractivity contribution < 1.29 is 9.53 Å². The highest BCUT2D eigenvalue weighted by Crippen LogP contribution is 2.21. The van der Waals surface area contributed by atoms with Gasteiger partial charge in [0.1, 0.15) is 0 Å². The molecule has 0 atom stereocenters. The number of carbonyl (C=O) groups is 1. The second-order valence-electron chi connectivity index (χ2n) is 5.10. The van der Waals surface area contributed by atoms with Crippen LogP contribution in [-0.4, -0.2) is 63.2 Å². The molecular weight excluding hydrogens is 400 g/mol. The Hall–Kier alpha value is -0.430. The summed E-state index contributed by atoms with van der Waals surface area (Å²) in [5.41, 5.74) is 0.678. The molecule has 0 unspecified atom stereocenters. The van der Waals surface area contributed by atoms with Gasteiger partial charge in [0.15, 0.2) is 0 Å². The highest BCUT2D eigenvalue weighted by atomic mass is 79.9. The lowest BCUT2D eigenvalue weighted by atomic mass is 10.2. The maximum Gasteiger partial charge on any atom is 0.254 e. The fourth-order valence-corrected chi connectivity index (χ4v) is 3.25. The molecule has 0 fully saturated rings. The highest BCUT2D eigenvalue weighted by Gasteiger charge is 2.16. The van der Waals surface area contributed by atoms with Gasteiger partial charge in [0.25, 0.3) is 5.91 Å². The Bertz CT molecular complexity index is 447. The van der Waals surface area contributed by atoms with Gasteiger partial charge >= 0.3 is 0 Å². The summed E-state index contributed by atoms with van der Waals surface area (Å²) in [5, 5.41) is 0. The fraction of sp³-hybridized carbons (Fsp3) is 0.533. The minimum Gasteiger partial charge on any atom is -0.383 e. The molecule has 0 heterocycles. The van der Waals surface area contributed by atoms with Crippen molar-refractivity contribution in [2.45, 2.75) is 6.42 Å². The molecule has 0 aliphatic heterocycles. The molecule has 1 amide bonds. The number of methoxy groups -OCH3 is 1. The maximum atomic E-state index is 12.6. The largest absolute Gasteiger partial charge is 0.383 e. The summed E-state index contributed by atoms with van der Waals surface area (Å²) in [7, 11) is 5.72. The van der Waals surface area contributed by atoms with Crippen molar-refractivity contribution in [3.63, 3.8) is 0 Å². The van der Waals surface area contributed by atoms with E-state index in [4.69, 9.17) is 4.74 Å². The maximum absolute atomic E-state index is 12.6. The van der Waals surface area contributed by atoms with Gasteiger partial charge in [-0.15, -0.1) is 0 Å². The van der Waals surface area contributed by atoms with E-state index in [1.165, 1.54) is 0 Å². The van der Waals surface area contributed by atoms with E-state index in [1.54, 1.807) is 7.11 Å². The fourth-order valence-electron chi connectivity index (χ4n) is 1.95. The zero-order valence-corrected chi connectivity index (χ0v) is 15.9. The number of benzene rings is 1. The topological polar surface area (TPSA) is 32.8 Å². The number of rotatable bonds is 8. The van der Waals surface area contributed by atoms with Crippen LogP contribution in [0, 0.1) is 0 Å². The summed E-state index contributed by atoms with van der Waals surface area (Å²) in [5.74, 6) is 0.0350. The van der Waals surface area contributed by atoms with Crippen LogP contribution in [-0.2, 0) is 4.74 Å². The number of hydrogen-bond donors (Lipinski definition) is 0. The minimum atomic E-state index is 0.0350. The number of ether oxygens (including phenoxy) is 1. The van der Waals surface area contributed by atoms with Gasteiger partial charge in [-0.3, -0.25) is 4.79 Å². The summed E-state index contributed by atoms with van der Waals surface area (Å²) in [6.07, 6.45) is 0.942. The summed E-state index contributed by atoms with van der Waals surface area (Å²) in [6, 6.07) is 5.61. The van der Waals surface area contributed by atoms with Crippen molar-refractivity contribution in [2.24, 2.45) is 0 Å². The van der Waals surface area contributed by atoms with Crippen LogP contribution in [0.1, 0.15) is 16.8 Å².